The molecular weight excluding hydrogens is 396 g/mol. The fourth-order valence-corrected chi connectivity index (χ4v) is 3.53. The molecule has 0 aliphatic carbocycles. The lowest BCUT2D eigenvalue weighted by Gasteiger charge is -2.24. The highest BCUT2D eigenvalue weighted by atomic mass is 16.5. The Kier molecular flexibility index (Phi) is 6.84. The number of ether oxygens (including phenoxy) is 1. The predicted octanol–water partition coefficient (Wildman–Crippen LogP) is 3.64. The van der Waals surface area contributed by atoms with Crippen molar-refractivity contribution in [2.75, 3.05) is 11.9 Å². The van der Waals surface area contributed by atoms with Crippen molar-refractivity contribution in [3.8, 4) is 0 Å². The van der Waals surface area contributed by atoms with Crippen LogP contribution in [0.1, 0.15) is 58.0 Å². The zero-order valence-electron chi connectivity index (χ0n) is 17.9. The lowest BCUT2D eigenvalue weighted by Crippen LogP contribution is -2.46. The summed E-state index contributed by atoms with van der Waals surface area (Å²) in [4.78, 5) is 51.6. The van der Waals surface area contributed by atoms with Gasteiger partial charge in [0.05, 0.1) is 11.1 Å². The third-order valence-corrected chi connectivity index (χ3v) is 5.25. The van der Waals surface area contributed by atoms with Crippen molar-refractivity contribution >= 4 is 29.4 Å². The minimum Gasteiger partial charge on any atom is -0.454 e. The first-order valence-electron chi connectivity index (χ1n) is 10.3. The molecule has 3 rings (SSSR count). The number of benzene rings is 2. The molecule has 1 aliphatic heterocycles. The molecule has 0 radical (unpaired) electrons. The number of esters is 1. The number of hydrogen-bond donors (Lipinski definition) is 1. The molecule has 0 bridgehead atoms. The number of carbonyl (C=O) groups is 4. The summed E-state index contributed by atoms with van der Waals surface area (Å²) in [5.41, 5.74) is 3.06. The SMILES string of the molecule is CCCC[C@H](C(=O)OCC(=O)Nc1cc(C)ccc1C)N1C(=O)c2ccccc2C1=O. The van der Waals surface area contributed by atoms with Gasteiger partial charge in [-0.1, -0.05) is 44.0 Å². The van der Waals surface area contributed by atoms with Crippen LogP contribution in [0.15, 0.2) is 42.5 Å². The average Bonchev–Trinajstić information content (AvgIpc) is 3.00. The molecule has 0 unspecified atom stereocenters. The molecule has 7 nitrogen and oxygen atoms in total. The number of aryl methyl sites for hydroxylation is 2. The molecule has 2 aromatic carbocycles. The monoisotopic (exact) mass is 422 g/mol. The number of nitrogens with one attached hydrogen (secondary N) is 1. The molecule has 1 heterocycles. The molecule has 0 fully saturated rings. The number of unbranched alkanes of at least 4 members (excludes halogenated alkanes) is 1. The molecule has 0 saturated heterocycles. The summed E-state index contributed by atoms with van der Waals surface area (Å²) in [7, 11) is 0. The van der Waals surface area contributed by atoms with Gasteiger partial charge in [-0.15, -0.1) is 0 Å². The van der Waals surface area contributed by atoms with E-state index in [1.807, 2.05) is 39.0 Å². The van der Waals surface area contributed by atoms with Crippen LogP contribution in [0.3, 0.4) is 0 Å². The minimum absolute atomic E-state index is 0.273. The number of fused-ring (bicyclic) bond motifs is 1. The lowest BCUT2D eigenvalue weighted by atomic mass is 10.1. The van der Waals surface area contributed by atoms with Crippen LogP contribution in [0.5, 0.6) is 0 Å². The highest BCUT2D eigenvalue weighted by Gasteiger charge is 2.43. The second-order valence-electron chi connectivity index (χ2n) is 7.66. The number of imide groups is 1. The normalized spacial score (nSPS) is 13.7. The van der Waals surface area contributed by atoms with Crippen molar-refractivity contribution in [1.82, 2.24) is 4.90 Å². The van der Waals surface area contributed by atoms with Gasteiger partial charge in [0.2, 0.25) is 0 Å². The van der Waals surface area contributed by atoms with Gasteiger partial charge in [0.15, 0.2) is 6.61 Å². The van der Waals surface area contributed by atoms with Gasteiger partial charge in [-0.2, -0.15) is 0 Å². The quantitative estimate of drug-likeness (QED) is 0.518. The molecular formula is C24H26N2O5. The van der Waals surface area contributed by atoms with E-state index < -0.39 is 36.3 Å². The summed E-state index contributed by atoms with van der Waals surface area (Å²) in [6.45, 7) is 5.22. The summed E-state index contributed by atoms with van der Waals surface area (Å²) in [6, 6.07) is 11.1. The van der Waals surface area contributed by atoms with Crippen LogP contribution in [0.25, 0.3) is 0 Å². The Morgan fingerprint density at radius 2 is 1.68 bits per heavy atom. The Morgan fingerprint density at radius 3 is 2.29 bits per heavy atom. The summed E-state index contributed by atoms with van der Waals surface area (Å²) < 4.78 is 5.22. The number of rotatable bonds is 8. The largest absolute Gasteiger partial charge is 0.454 e. The third-order valence-electron chi connectivity index (χ3n) is 5.25. The first kappa shape index (κ1) is 22.2. The van der Waals surface area contributed by atoms with Crippen LogP contribution in [0.4, 0.5) is 5.69 Å². The Morgan fingerprint density at radius 1 is 1.03 bits per heavy atom. The average molecular weight is 422 g/mol. The molecule has 0 saturated carbocycles. The van der Waals surface area contributed by atoms with Crippen molar-refractivity contribution in [2.24, 2.45) is 0 Å². The van der Waals surface area contributed by atoms with Crippen LogP contribution in [0.2, 0.25) is 0 Å². The van der Waals surface area contributed by atoms with E-state index in [2.05, 4.69) is 5.32 Å². The Bertz CT molecular complexity index is 995. The van der Waals surface area contributed by atoms with Crippen molar-refractivity contribution in [1.29, 1.82) is 0 Å². The lowest BCUT2D eigenvalue weighted by molar-refractivity contribution is -0.151. The Balaban J connectivity index is 1.69. The molecule has 3 amide bonds. The van der Waals surface area contributed by atoms with E-state index in [9.17, 15) is 19.2 Å². The smallest absolute Gasteiger partial charge is 0.329 e. The van der Waals surface area contributed by atoms with Gasteiger partial charge < -0.3 is 10.1 Å². The van der Waals surface area contributed by atoms with Gasteiger partial charge in [-0.3, -0.25) is 19.3 Å². The van der Waals surface area contributed by atoms with Crippen molar-refractivity contribution in [2.45, 2.75) is 46.1 Å². The maximum Gasteiger partial charge on any atom is 0.329 e. The second-order valence-corrected chi connectivity index (χ2v) is 7.66. The molecule has 31 heavy (non-hydrogen) atoms. The molecule has 1 aliphatic rings. The number of hydrogen-bond acceptors (Lipinski definition) is 5. The van der Waals surface area contributed by atoms with Crippen LogP contribution in [-0.4, -0.2) is 41.2 Å². The molecule has 0 spiro atoms. The zero-order valence-corrected chi connectivity index (χ0v) is 17.9. The Hall–Kier alpha value is -3.48. The van der Waals surface area contributed by atoms with Gasteiger partial charge in [0.25, 0.3) is 17.7 Å². The van der Waals surface area contributed by atoms with Crippen molar-refractivity contribution in [3.63, 3.8) is 0 Å². The van der Waals surface area contributed by atoms with Gasteiger partial charge in [-0.05, 0) is 49.6 Å². The van der Waals surface area contributed by atoms with E-state index in [4.69, 9.17) is 4.74 Å². The van der Waals surface area contributed by atoms with Crippen LogP contribution >= 0.6 is 0 Å². The fraction of sp³-hybridized carbons (Fsp3) is 0.333. The van der Waals surface area contributed by atoms with E-state index in [0.29, 0.717) is 12.1 Å². The topological polar surface area (TPSA) is 92.8 Å². The third kappa shape index (κ3) is 4.82. The van der Waals surface area contributed by atoms with Gasteiger partial charge >= 0.3 is 5.97 Å². The maximum atomic E-state index is 12.8. The molecule has 2 aromatic rings. The highest BCUT2D eigenvalue weighted by Crippen LogP contribution is 2.27. The molecule has 162 valence electrons. The van der Waals surface area contributed by atoms with Crippen LogP contribution in [-0.2, 0) is 14.3 Å². The highest BCUT2D eigenvalue weighted by molar-refractivity contribution is 6.22. The summed E-state index contributed by atoms with van der Waals surface area (Å²) in [5.74, 6) is -2.28. The van der Waals surface area contributed by atoms with E-state index in [-0.39, 0.29) is 17.5 Å². The predicted molar refractivity (Wildman–Crippen MR) is 116 cm³/mol. The Labute approximate surface area is 181 Å². The maximum absolute atomic E-state index is 12.8. The zero-order chi connectivity index (χ0) is 22.5. The van der Waals surface area contributed by atoms with Gasteiger partial charge in [-0.25, -0.2) is 4.79 Å². The van der Waals surface area contributed by atoms with Crippen LogP contribution in [0, 0.1) is 13.8 Å². The number of anilines is 1. The number of carbonyl (C=O) groups excluding carboxylic acids is 4. The van der Waals surface area contributed by atoms with E-state index in [1.54, 1.807) is 24.3 Å². The molecule has 1 atom stereocenters. The first-order chi connectivity index (χ1) is 14.8. The number of amides is 3. The fourth-order valence-electron chi connectivity index (χ4n) is 3.53. The molecule has 1 N–H and O–H groups in total. The van der Waals surface area contributed by atoms with E-state index in [0.717, 1.165) is 22.4 Å². The van der Waals surface area contributed by atoms with E-state index in [1.165, 1.54) is 0 Å². The molecule has 7 heteroatoms. The number of nitrogens with zero attached hydrogens (tertiary/aromatic N) is 1. The first-order valence-corrected chi connectivity index (χ1v) is 10.3. The van der Waals surface area contributed by atoms with Gasteiger partial charge in [0, 0.05) is 5.69 Å². The minimum atomic E-state index is -1.07. The van der Waals surface area contributed by atoms with Crippen molar-refractivity contribution in [3.05, 3.63) is 64.7 Å². The molecule has 0 aromatic heterocycles. The summed E-state index contributed by atoms with van der Waals surface area (Å²) in [5, 5.41) is 2.73. The van der Waals surface area contributed by atoms with Crippen molar-refractivity contribution < 1.29 is 23.9 Å². The summed E-state index contributed by atoms with van der Waals surface area (Å²) >= 11 is 0. The standard InChI is InChI=1S/C24H26N2O5/c1-4-5-10-20(26-22(28)17-8-6-7-9-18(17)23(26)29)24(30)31-14-21(27)25-19-13-15(2)11-12-16(19)3/h6-9,11-13,20H,4-5,10,14H2,1-3H3,(H,25,27)/t20-/m1/s1. The summed E-state index contributed by atoms with van der Waals surface area (Å²) in [6.07, 6.45) is 1.68. The van der Waals surface area contributed by atoms with Gasteiger partial charge in [0.1, 0.15) is 6.04 Å². The second kappa shape index (κ2) is 9.55. The van der Waals surface area contributed by atoms with Crippen LogP contribution < -0.4 is 5.32 Å². The van der Waals surface area contributed by atoms with E-state index >= 15 is 0 Å².